The van der Waals surface area contributed by atoms with E-state index in [9.17, 15) is 18.5 Å². The van der Waals surface area contributed by atoms with Crippen LogP contribution in [0.1, 0.15) is 22.8 Å². The number of benzene rings is 3. The van der Waals surface area contributed by atoms with E-state index in [1.165, 1.54) is 10.4 Å². The Morgan fingerprint density at radius 2 is 1.62 bits per heavy atom. The number of carbonyl (C=O) groups is 1. The van der Waals surface area contributed by atoms with Crippen LogP contribution in [0.2, 0.25) is 0 Å². The lowest BCUT2D eigenvalue weighted by molar-refractivity contribution is 0.102. The molecule has 4 rings (SSSR count). The molecule has 0 atom stereocenters. The van der Waals surface area contributed by atoms with Crippen LogP contribution >= 0.6 is 0 Å². The summed E-state index contributed by atoms with van der Waals surface area (Å²) in [5.74, 6) is -0.380. The first-order valence-electron chi connectivity index (χ1n) is 11.2. The largest absolute Gasteiger partial charge is 0.322 e. The Hall–Kier alpha value is -3.51. The van der Waals surface area contributed by atoms with Gasteiger partial charge in [0.1, 0.15) is 0 Å². The number of nitrogens with zero attached hydrogens (tertiary/aromatic N) is 3. The molecule has 1 aliphatic rings. The number of anilines is 1. The number of hydrogen-bond acceptors (Lipinski definition) is 5. The minimum atomic E-state index is -3.66. The van der Waals surface area contributed by atoms with Gasteiger partial charge in [0.15, 0.2) is 0 Å². The first-order chi connectivity index (χ1) is 16.4. The van der Waals surface area contributed by atoms with Crippen LogP contribution < -0.4 is 5.32 Å². The summed E-state index contributed by atoms with van der Waals surface area (Å²) in [5, 5.41) is 12.3. The Kier molecular flexibility index (Phi) is 7.08. The van der Waals surface area contributed by atoms with Crippen LogP contribution in [-0.4, -0.2) is 56.3 Å². The van der Waals surface area contributed by atoms with E-state index >= 15 is 0 Å². The lowest BCUT2D eigenvalue weighted by Gasteiger charge is -2.33. The predicted octanol–water partition coefficient (Wildman–Crippen LogP) is 3.80. The minimum Gasteiger partial charge on any atom is -0.322 e. The maximum atomic E-state index is 13.2. The van der Waals surface area contributed by atoms with Crippen LogP contribution in [0.4, 0.5) is 5.69 Å². The van der Waals surface area contributed by atoms with Crippen molar-refractivity contribution in [2.24, 2.45) is 0 Å². The molecule has 0 radical (unpaired) electrons. The number of nitrogens with one attached hydrogen (secondary N) is 1. The molecule has 1 aliphatic heterocycles. The van der Waals surface area contributed by atoms with Crippen LogP contribution in [-0.2, 0) is 10.0 Å². The van der Waals surface area contributed by atoms with Gasteiger partial charge in [0.05, 0.1) is 16.5 Å². The predicted molar refractivity (Wildman–Crippen MR) is 132 cm³/mol. The van der Waals surface area contributed by atoms with Crippen molar-refractivity contribution in [3.63, 3.8) is 0 Å². The van der Waals surface area contributed by atoms with E-state index in [1.807, 2.05) is 12.1 Å². The summed E-state index contributed by atoms with van der Waals surface area (Å²) in [5.41, 5.74) is 2.56. The van der Waals surface area contributed by atoms with Gasteiger partial charge < -0.3 is 10.2 Å². The monoisotopic (exact) mass is 474 g/mol. The molecular formula is C26H26N4O3S. The molecular weight excluding hydrogens is 448 g/mol. The van der Waals surface area contributed by atoms with Crippen molar-refractivity contribution in [1.82, 2.24) is 9.21 Å². The molecule has 8 heteroatoms. The second-order valence-electron chi connectivity index (χ2n) is 8.02. The molecule has 1 heterocycles. The van der Waals surface area contributed by atoms with E-state index in [2.05, 4.69) is 23.2 Å². The standard InChI is InChI=1S/C26H26N4O3S/c1-2-29-14-16-30(17-15-29)34(32,33)22-10-7-9-21(18-22)28-26(31)25-13-6-5-12-24(25)23-11-4-3-8-20(23)19-27/h3-13,18H,2,14-17H2,1H3,(H,28,31). The molecule has 0 saturated carbocycles. The van der Waals surface area contributed by atoms with Gasteiger partial charge in [0.2, 0.25) is 10.0 Å². The summed E-state index contributed by atoms with van der Waals surface area (Å²) < 4.78 is 27.8. The molecule has 0 spiro atoms. The molecule has 0 bridgehead atoms. The Bertz CT molecular complexity index is 1340. The summed E-state index contributed by atoms with van der Waals surface area (Å²) >= 11 is 0. The fraction of sp³-hybridized carbons (Fsp3) is 0.231. The number of piperazine rings is 1. The first-order valence-corrected chi connectivity index (χ1v) is 12.6. The van der Waals surface area contributed by atoms with Gasteiger partial charge in [-0.1, -0.05) is 49.4 Å². The second kappa shape index (κ2) is 10.2. The van der Waals surface area contributed by atoms with Crippen molar-refractivity contribution in [3.8, 4) is 17.2 Å². The Balaban J connectivity index is 1.58. The van der Waals surface area contributed by atoms with Crippen LogP contribution in [0.3, 0.4) is 0 Å². The molecule has 34 heavy (non-hydrogen) atoms. The Morgan fingerprint density at radius 1 is 0.941 bits per heavy atom. The topological polar surface area (TPSA) is 93.5 Å². The molecule has 0 unspecified atom stereocenters. The lowest BCUT2D eigenvalue weighted by Crippen LogP contribution is -2.48. The fourth-order valence-corrected chi connectivity index (χ4v) is 5.57. The SMILES string of the molecule is CCN1CCN(S(=O)(=O)c2cccc(NC(=O)c3ccccc3-c3ccccc3C#N)c2)CC1. The van der Waals surface area contributed by atoms with Gasteiger partial charge in [-0.3, -0.25) is 4.79 Å². The van der Waals surface area contributed by atoms with Crippen molar-refractivity contribution in [2.75, 3.05) is 38.0 Å². The van der Waals surface area contributed by atoms with E-state index in [1.54, 1.807) is 54.6 Å². The van der Waals surface area contributed by atoms with E-state index in [0.717, 1.165) is 6.54 Å². The highest BCUT2D eigenvalue weighted by Gasteiger charge is 2.28. The molecule has 3 aromatic carbocycles. The van der Waals surface area contributed by atoms with Gasteiger partial charge in [0, 0.05) is 43.0 Å². The second-order valence-corrected chi connectivity index (χ2v) is 9.96. The van der Waals surface area contributed by atoms with Crippen molar-refractivity contribution < 1.29 is 13.2 Å². The number of likely N-dealkylation sites (N-methyl/N-ethyl adjacent to an activating group) is 1. The minimum absolute atomic E-state index is 0.151. The van der Waals surface area contributed by atoms with Gasteiger partial charge in [-0.15, -0.1) is 0 Å². The summed E-state index contributed by atoms with van der Waals surface area (Å²) in [4.78, 5) is 15.5. The van der Waals surface area contributed by atoms with Crippen LogP contribution in [0.15, 0.2) is 77.7 Å². The molecule has 1 fully saturated rings. The average Bonchev–Trinajstić information content (AvgIpc) is 2.88. The van der Waals surface area contributed by atoms with Crippen molar-refractivity contribution >= 4 is 21.6 Å². The third kappa shape index (κ3) is 4.87. The highest BCUT2D eigenvalue weighted by molar-refractivity contribution is 7.89. The van der Waals surface area contributed by atoms with E-state index < -0.39 is 10.0 Å². The molecule has 3 aromatic rings. The van der Waals surface area contributed by atoms with Crippen LogP contribution in [0.5, 0.6) is 0 Å². The number of rotatable bonds is 6. The van der Waals surface area contributed by atoms with Crippen molar-refractivity contribution in [1.29, 1.82) is 5.26 Å². The highest BCUT2D eigenvalue weighted by atomic mass is 32.2. The maximum absolute atomic E-state index is 13.2. The zero-order valence-corrected chi connectivity index (χ0v) is 19.8. The van der Waals surface area contributed by atoms with Crippen LogP contribution in [0.25, 0.3) is 11.1 Å². The molecule has 1 amide bonds. The molecule has 1 N–H and O–H groups in total. The van der Waals surface area contributed by atoms with Gasteiger partial charge in [-0.2, -0.15) is 9.57 Å². The van der Waals surface area contributed by atoms with Gasteiger partial charge in [0.25, 0.3) is 5.91 Å². The normalized spacial score (nSPS) is 14.9. The van der Waals surface area contributed by atoms with Gasteiger partial charge in [-0.05, 0) is 42.4 Å². The molecule has 174 valence electrons. The van der Waals surface area contributed by atoms with Crippen molar-refractivity contribution in [3.05, 3.63) is 83.9 Å². The fourth-order valence-electron chi connectivity index (χ4n) is 4.10. The third-order valence-electron chi connectivity index (χ3n) is 6.02. The number of hydrogen-bond donors (Lipinski definition) is 1. The first kappa shape index (κ1) is 23.6. The molecule has 0 aromatic heterocycles. The zero-order valence-electron chi connectivity index (χ0n) is 18.9. The number of sulfonamides is 1. The van der Waals surface area contributed by atoms with E-state index in [0.29, 0.717) is 54.1 Å². The smallest absolute Gasteiger partial charge is 0.256 e. The summed E-state index contributed by atoms with van der Waals surface area (Å²) in [6.07, 6.45) is 0. The quantitative estimate of drug-likeness (QED) is 0.587. The lowest BCUT2D eigenvalue weighted by atomic mass is 9.95. The van der Waals surface area contributed by atoms with Gasteiger partial charge >= 0.3 is 0 Å². The summed E-state index contributed by atoms with van der Waals surface area (Å²) in [6.45, 7) is 5.25. The average molecular weight is 475 g/mol. The Labute approximate surface area is 200 Å². The summed E-state index contributed by atoms with van der Waals surface area (Å²) in [6, 6.07) is 22.6. The highest BCUT2D eigenvalue weighted by Crippen LogP contribution is 2.28. The van der Waals surface area contributed by atoms with Gasteiger partial charge in [-0.25, -0.2) is 8.42 Å². The molecule has 0 aliphatic carbocycles. The molecule has 1 saturated heterocycles. The number of carbonyl (C=O) groups excluding carboxylic acids is 1. The van der Waals surface area contributed by atoms with Crippen LogP contribution in [0, 0.1) is 11.3 Å². The van der Waals surface area contributed by atoms with Crippen molar-refractivity contribution in [2.45, 2.75) is 11.8 Å². The number of nitriles is 1. The Morgan fingerprint density at radius 3 is 2.32 bits per heavy atom. The molecule has 7 nitrogen and oxygen atoms in total. The third-order valence-corrected chi connectivity index (χ3v) is 7.91. The summed E-state index contributed by atoms with van der Waals surface area (Å²) in [7, 11) is -3.66. The number of amides is 1. The van der Waals surface area contributed by atoms with E-state index in [-0.39, 0.29) is 10.8 Å². The maximum Gasteiger partial charge on any atom is 0.256 e. The zero-order chi connectivity index (χ0) is 24.1. The van der Waals surface area contributed by atoms with E-state index in [4.69, 9.17) is 0 Å².